The minimum Gasteiger partial charge on any atom is -0.376 e. The van der Waals surface area contributed by atoms with Gasteiger partial charge in [-0.2, -0.15) is 0 Å². The van der Waals surface area contributed by atoms with E-state index in [0.29, 0.717) is 16.7 Å². The maximum Gasteiger partial charge on any atom is 0.206 e. The summed E-state index contributed by atoms with van der Waals surface area (Å²) in [6.45, 7) is 0. The third-order valence-electron chi connectivity index (χ3n) is 5.00. The van der Waals surface area contributed by atoms with Crippen molar-refractivity contribution in [3.63, 3.8) is 0 Å². The minimum absolute atomic E-state index is 0.0846. The number of aliphatic hydroxyl groups is 1. The maximum atomic E-state index is 13.5. The Balaban J connectivity index is 2.02. The Labute approximate surface area is 170 Å². The fourth-order valence-electron chi connectivity index (χ4n) is 3.56. The Morgan fingerprint density at radius 1 is 0.552 bits per heavy atom. The van der Waals surface area contributed by atoms with E-state index in [1.807, 2.05) is 36.4 Å². The van der Waals surface area contributed by atoms with E-state index >= 15 is 0 Å². The molecular weight excluding hydrogens is 380 g/mol. The summed E-state index contributed by atoms with van der Waals surface area (Å²) in [6.07, 6.45) is 0. The zero-order valence-corrected chi connectivity index (χ0v) is 16.5. The van der Waals surface area contributed by atoms with Crippen molar-refractivity contribution in [2.24, 2.45) is 0 Å². The van der Waals surface area contributed by atoms with Crippen LogP contribution in [-0.4, -0.2) is 13.5 Å². The van der Waals surface area contributed by atoms with Crippen molar-refractivity contribution >= 4 is 9.84 Å². The average Bonchev–Trinajstić information content (AvgIpc) is 2.80. The maximum absolute atomic E-state index is 13.5. The van der Waals surface area contributed by atoms with Crippen LogP contribution in [0.3, 0.4) is 0 Å². The van der Waals surface area contributed by atoms with Crippen LogP contribution < -0.4 is 0 Å². The molecule has 0 fully saturated rings. The SMILES string of the molecule is O=S(=O)(c1ccccc1)c1ccccc1C(O)(c1ccccc1)c1ccccc1. The van der Waals surface area contributed by atoms with E-state index < -0.39 is 15.4 Å². The van der Waals surface area contributed by atoms with Crippen molar-refractivity contribution in [3.8, 4) is 0 Å². The highest BCUT2D eigenvalue weighted by Crippen LogP contribution is 2.40. The summed E-state index contributed by atoms with van der Waals surface area (Å²) in [6, 6.07) is 33.2. The van der Waals surface area contributed by atoms with Crippen LogP contribution in [0.25, 0.3) is 0 Å². The molecule has 0 aromatic heterocycles. The lowest BCUT2D eigenvalue weighted by Crippen LogP contribution is -2.30. The molecule has 0 aliphatic rings. The van der Waals surface area contributed by atoms with Gasteiger partial charge in [0.15, 0.2) is 0 Å². The minimum atomic E-state index is -3.83. The van der Waals surface area contributed by atoms with Crippen LogP contribution in [0.5, 0.6) is 0 Å². The number of benzene rings is 4. The molecule has 0 heterocycles. The van der Waals surface area contributed by atoms with Crippen molar-refractivity contribution in [1.82, 2.24) is 0 Å². The lowest BCUT2D eigenvalue weighted by molar-refractivity contribution is 0.122. The van der Waals surface area contributed by atoms with Gasteiger partial charge in [-0.05, 0) is 29.3 Å². The average molecular weight is 400 g/mol. The van der Waals surface area contributed by atoms with Gasteiger partial charge in [-0.25, -0.2) is 8.42 Å². The molecule has 0 unspecified atom stereocenters. The third-order valence-corrected chi connectivity index (χ3v) is 6.83. The molecule has 4 aromatic carbocycles. The highest BCUT2D eigenvalue weighted by molar-refractivity contribution is 7.91. The van der Waals surface area contributed by atoms with Gasteiger partial charge in [-0.15, -0.1) is 0 Å². The van der Waals surface area contributed by atoms with E-state index in [2.05, 4.69) is 0 Å². The Morgan fingerprint density at radius 3 is 1.48 bits per heavy atom. The quantitative estimate of drug-likeness (QED) is 0.490. The van der Waals surface area contributed by atoms with Crippen molar-refractivity contribution in [3.05, 3.63) is 132 Å². The van der Waals surface area contributed by atoms with E-state index in [0.717, 1.165) is 0 Å². The van der Waals surface area contributed by atoms with Crippen molar-refractivity contribution in [1.29, 1.82) is 0 Å². The molecule has 0 bridgehead atoms. The van der Waals surface area contributed by atoms with Crippen molar-refractivity contribution in [2.45, 2.75) is 15.4 Å². The molecule has 4 aromatic rings. The number of hydrogen-bond acceptors (Lipinski definition) is 3. The number of sulfone groups is 1. The molecule has 29 heavy (non-hydrogen) atoms. The van der Waals surface area contributed by atoms with E-state index in [1.54, 1.807) is 78.9 Å². The van der Waals surface area contributed by atoms with E-state index in [1.165, 1.54) is 0 Å². The molecule has 0 saturated heterocycles. The summed E-state index contributed by atoms with van der Waals surface area (Å²) in [4.78, 5) is 0.275. The van der Waals surface area contributed by atoms with Gasteiger partial charge in [0.1, 0.15) is 5.60 Å². The van der Waals surface area contributed by atoms with Crippen LogP contribution in [0.2, 0.25) is 0 Å². The monoisotopic (exact) mass is 400 g/mol. The highest BCUT2D eigenvalue weighted by atomic mass is 32.2. The molecule has 4 heteroatoms. The fraction of sp³-hybridized carbons (Fsp3) is 0.0400. The van der Waals surface area contributed by atoms with Crippen LogP contribution in [0.1, 0.15) is 16.7 Å². The van der Waals surface area contributed by atoms with Gasteiger partial charge in [0.2, 0.25) is 9.84 Å². The largest absolute Gasteiger partial charge is 0.376 e. The molecular formula is C25H20O3S. The first-order valence-electron chi connectivity index (χ1n) is 9.27. The molecule has 144 valence electrons. The van der Waals surface area contributed by atoms with Crippen LogP contribution >= 0.6 is 0 Å². The van der Waals surface area contributed by atoms with Crippen LogP contribution in [0.4, 0.5) is 0 Å². The summed E-state index contributed by atoms with van der Waals surface area (Å²) < 4.78 is 26.9. The van der Waals surface area contributed by atoms with Crippen LogP contribution in [-0.2, 0) is 15.4 Å². The fourth-order valence-corrected chi connectivity index (χ4v) is 5.10. The van der Waals surface area contributed by atoms with Gasteiger partial charge < -0.3 is 5.11 Å². The standard InChI is InChI=1S/C25H20O3S/c26-25(20-12-4-1-5-13-20,21-14-6-2-7-15-21)23-18-10-11-19-24(23)29(27,28)22-16-8-3-9-17-22/h1-19,26H. The second-order valence-electron chi connectivity index (χ2n) is 6.76. The number of rotatable bonds is 5. The van der Waals surface area contributed by atoms with Gasteiger partial charge in [0, 0.05) is 5.56 Å². The normalized spacial score (nSPS) is 11.9. The van der Waals surface area contributed by atoms with Crippen molar-refractivity contribution < 1.29 is 13.5 Å². The van der Waals surface area contributed by atoms with E-state index in [-0.39, 0.29) is 9.79 Å². The molecule has 0 saturated carbocycles. The van der Waals surface area contributed by atoms with Gasteiger partial charge in [0.05, 0.1) is 9.79 Å². The first-order valence-corrected chi connectivity index (χ1v) is 10.8. The topological polar surface area (TPSA) is 54.4 Å². The molecule has 0 atom stereocenters. The van der Waals surface area contributed by atoms with Crippen LogP contribution in [0, 0.1) is 0 Å². The first-order chi connectivity index (χ1) is 14.0. The predicted molar refractivity (Wildman–Crippen MR) is 113 cm³/mol. The Morgan fingerprint density at radius 2 is 0.966 bits per heavy atom. The molecule has 4 rings (SSSR count). The zero-order chi connectivity index (χ0) is 20.3. The third kappa shape index (κ3) is 3.37. The molecule has 0 aliphatic carbocycles. The molecule has 1 N–H and O–H groups in total. The first kappa shape index (κ1) is 19.1. The Kier molecular flexibility index (Phi) is 5.05. The molecule has 0 amide bonds. The number of hydrogen-bond donors (Lipinski definition) is 1. The summed E-state index contributed by atoms with van der Waals surface area (Å²) in [5.74, 6) is 0. The zero-order valence-electron chi connectivity index (χ0n) is 15.6. The molecule has 3 nitrogen and oxygen atoms in total. The molecule has 0 radical (unpaired) electrons. The Bertz CT molecular complexity index is 1160. The lowest BCUT2D eigenvalue weighted by Gasteiger charge is -2.31. The summed E-state index contributed by atoms with van der Waals surface area (Å²) in [5, 5.41) is 12.1. The van der Waals surface area contributed by atoms with Gasteiger partial charge in [-0.1, -0.05) is 97.1 Å². The van der Waals surface area contributed by atoms with Gasteiger partial charge in [-0.3, -0.25) is 0 Å². The van der Waals surface area contributed by atoms with Crippen molar-refractivity contribution in [2.75, 3.05) is 0 Å². The second kappa shape index (κ2) is 7.66. The summed E-state index contributed by atoms with van der Waals surface area (Å²) in [5.41, 5.74) is -0.105. The van der Waals surface area contributed by atoms with Gasteiger partial charge >= 0.3 is 0 Å². The van der Waals surface area contributed by atoms with Gasteiger partial charge in [0.25, 0.3) is 0 Å². The summed E-state index contributed by atoms with van der Waals surface area (Å²) >= 11 is 0. The second-order valence-corrected chi connectivity index (χ2v) is 8.67. The highest BCUT2D eigenvalue weighted by Gasteiger charge is 2.38. The summed E-state index contributed by atoms with van der Waals surface area (Å²) in [7, 11) is -3.83. The molecule has 0 aliphatic heterocycles. The predicted octanol–water partition coefficient (Wildman–Crippen LogP) is 4.80. The van der Waals surface area contributed by atoms with E-state index in [4.69, 9.17) is 0 Å². The smallest absolute Gasteiger partial charge is 0.206 e. The Hall–Kier alpha value is -3.21. The van der Waals surface area contributed by atoms with Crippen LogP contribution in [0.15, 0.2) is 125 Å². The lowest BCUT2D eigenvalue weighted by atomic mass is 9.80. The molecule has 0 spiro atoms. The van der Waals surface area contributed by atoms with E-state index in [9.17, 15) is 13.5 Å².